The van der Waals surface area contributed by atoms with Crippen molar-refractivity contribution in [3.8, 4) is 5.75 Å². The van der Waals surface area contributed by atoms with Crippen LogP contribution in [0.25, 0.3) is 10.9 Å². The largest absolute Gasteiger partial charge is 0.492 e. The number of halogens is 1. The molecule has 0 bridgehead atoms. The van der Waals surface area contributed by atoms with Gasteiger partial charge >= 0.3 is 0 Å². The third-order valence-electron chi connectivity index (χ3n) is 5.23. The molecule has 2 heterocycles. The van der Waals surface area contributed by atoms with Crippen molar-refractivity contribution in [3.05, 3.63) is 64.8 Å². The van der Waals surface area contributed by atoms with Crippen molar-refractivity contribution >= 4 is 22.5 Å². The second kappa shape index (κ2) is 6.74. The molecule has 1 unspecified atom stereocenters. The highest BCUT2D eigenvalue weighted by Gasteiger charge is 2.27. The SMILES string of the molecule is CC1Cc2c(c3cccc(Cl)c3n2CCOc2ccccc2)CN1C. The van der Waals surface area contributed by atoms with Gasteiger partial charge in [-0.3, -0.25) is 4.90 Å². The van der Waals surface area contributed by atoms with Crippen LogP contribution in [-0.4, -0.2) is 29.2 Å². The van der Waals surface area contributed by atoms with Crippen LogP contribution in [0, 0.1) is 0 Å². The number of likely N-dealkylation sites (N-methyl/N-ethyl adjacent to an activating group) is 1. The molecule has 1 atom stereocenters. The van der Waals surface area contributed by atoms with Crippen molar-refractivity contribution < 1.29 is 4.74 Å². The van der Waals surface area contributed by atoms with Crippen molar-refractivity contribution in [2.75, 3.05) is 13.7 Å². The Kier molecular flexibility index (Phi) is 4.45. The van der Waals surface area contributed by atoms with Crippen LogP contribution >= 0.6 is 11.6 Å². The summed E-state index contributed by atoms with van der Waals surface area (Å²) in [7, 11) is 2.19. The minimum Gasteiger partial charge on any atom is -0.492 e. The van der Waals surface area contributed by atoms with Gasteiger partial charge in [-0.15, -0.1) is 0 Å². The van der Waals surface area contributed by atoms with Gasteiger partial charge in [-0.2, -0.15) is 0 Å². The summed E-state index contributed by atoms with van der Waals surface area (Å²) < 4.78 is 8.31. The molecule has 25 heavy (non-hydrogen) atoms. The maximum Gasteiger partial charge on any atom is 0.119 e. The van der Waals surface area contributed by atoms with E-state index in [1.165, 1.54) is 16.6 Å². The summed E-state index contributed by atoms with van der Waals surface area (Å²) >= 11 is 6.58. The van der Waals surface area contributed by atoms with Crippen molar-refractivity contribution in [1.82, 2.24) is 9.47 Å². The summed E-state index contributed by atoms with van der Waals surface area (Å²) in [6.07, 6.45) is 1.04. The van der Waals surface area contributed by atoms with Crippen LogP contribution in [0.3, 0.4) is 0 Å². The molecule has 0 radical (unpaired) electrons. The fourth-order valence-corrected chi connectivity index (χ4v) is 4.03. The molecule has 1 aliphatic rings. The van der Waals surface area contributed by atoms with E-state index in [2.05, 4.69) is 29.5 Å². The maximum atomic E-state index is 6.58. The minimum absolute atomic E-state index is 0.532. The van der Waals surface area contributed by atoms with E-state index >= 15 is 0 Å². The van der Waals surface area contributed by atoms with Crippen LogP contribution < -0.4 is 4.74 Å². The van der Waals surface area contributed by atoms with E-state index in [9.17, 15) is 0 Å². The van der Waals surface area contributed by atoms with E-state index in [4.69, 9.17) is 16.3 Å². The van der Waals surface area contributed by atoms with Gasteiger partial charge < -0.3 is 9.30 Å². The quantitative estimate of drug-likeness (QED) is 0.672. The number of para-hydroxylation sites is 2. The van der Waals surface area contributed by atoms with Gasteiger partial charge in [0.15, 0.2) is 0 Å². The predicted octanol–water partition coefficient (Wildman–Crippen LogP) is 4.75. The Balaban J connectivity index is 1.69. The zero-order valence-electron chi connectivity index (χ0n) is 14.7. The van der Waals surface area contributed by atoms with Crippen molar-refractivity contribution in [1.29, 1.82) is 0 Å². The normalized spacial score (nSPS) is 17.6. The Morgan fingerprint density at radius 1 is 1.12 bits per heavy atom. The molecule has 4 rings (SSSR count). The van der Waals surface area contributed by atoms with E-state index in [1.54, 1.807) is 0 Å². The topological polar surface area (TPSA) is 17.4 Å². The van der Waals surface area contributed by atoms with Crippen molar-refractivity contribution in [2.24, 2.45) is 0 Å². The second-order valence-electron chi connectivity index (χ2n) is 6.84. The van der Waals surface area contributed by atoms with Crippen LogP contribution in [0.15, 0.2) is 48.5 Å². The molecule has 1 aliphatic heterocycles. The van der Waals surface area contributed by atoms with Gasteiger partial charge in [-0.05, 0) is 37.7 Å². The lowest BCUT2D eigenvalue weighted by atomic mass is 10.00. The number of aromatic nitrogens is 1. The molecule has 0 saturated heterocycles. The smallest absolute Gasteiger partial charge is 0.119 e. The zero-order chi connectivity index (χ0) is 17.4. The van der Waals surface area contributed by atoms with Crippen LogP contribution in [0.1, 0.15) is 18.2 Å². The number of benzene rings is 2. The number of rotatable bonds is 4. The molecule has 2 aromatic carbocycles. The van der Waals surface area contributed by atoms with Gasteiger partial charge in [0.2, 0.25) is 0 Å². The van der Waals surface area contributed by atoms with Gasteiger partial charge in [-0.1, -0.05) is 41.9 Å². The Labute approximate surface area is 153 Å². The molecular formula is C21H23ClN2O. The molecule has 4 heteroatoms. The van der Waals surface area contributed by atoms with Gasteiger partial charge in [0.25, 0.3) is 0 Å². The lowest BCUT2D eigenvalue weighted by Gasteiger charge is -2.31. The van der Waals surface area contributed by atoms with E-state index in [-0.39, 0.29) is 0 Å². The number of nitrogens with zero attached hydrogens (tertiary/aromatic N) is 2. The average molecular weight is 355 g/mol. The minimum atomic E-state index is 0.532. The summed E-state index contributed by atoms with van der Waals surface area (Å²) in [5.74, 6) is 0.909. The second-order valence-corrected chi connectivity index (χ2v) is 7.25. The van der Waals surface area contributed by atoms with Crippen LogP contribution in [0.2, 0.25) is 5.02 Å². The number of ether oxygens (including phenoxy) is 1. The first-order valence-electron chi connectivity index (χ1n) is 8.81. The Bertz CT molecular complexity index is 888. The molecule has 1 aromatic heterocycles. The lowest BCUT2D eigenvalue weighted by molar-refractivity contribution is 0.226. The van der Waals surface area contributed by atoms with Crippen LogP contribution in [0.4, 0.5) is 0 Å². The Hall–Kier alpha value is -1.97. The highest BCUT2D eigenvalue weighted by atomic mass is 35.5. The molecule has 0 N–H and O–H groups in total. The van der Waals surface area contributed by atoms with E-state index < -0.39 is 0 Å². The first-order valence-corrected chi connectivity index (χ1v) is 9.19. The number of hydrogen-bond acceptors (Lipinski definition) is 2. The average Bonchev–Trinajstić information content (AvgIpc) is 2.91. The van der Waals surface area contributed by atoms with E-state index in [1.807, 2.05) is 42.5 Å². The van der Waals surface area contributed by atoms with Crippen LogP contribution in [-0.2, 0) is 19.5 Å². The van der Waals surface area contributed by atoms with Crippen LogP contribution in [0.5, 0.6) is 5.75 Å². The zero-order valence-corrected chi connectivity index (χ0v) is 15.5. The summed E-state index contributed by atoms with van der Waals surface area (Å²) in [5, 5.41) is 2.10. The highest BCUT2D eigenvalue weighted by Crippen LogP contribution is 2.35. The molecule has 0 saturated carbocycles. The summed E-state index contributed by atoms with van der Waals surface area (Å²) in [6.45, 7) is 4.70. The van der Waals surface area contributed by atoms with Gasteiger partial charge in [0.1, 0.15) is 12.4 Å². The molecule has 130 valence electrons. The fourth-order valence-electron chi connectivity index (χ4n) is 3.76. The lowest BCUT2D eigenvalue weighted by Crippen LogP contribution is -2.35. The highest BCUT2D eigenvalue weighted by molar-refractivity contribution is 6.35. The number of hydrogen-bond donors (Lipinski definition) is 0. The van der Waals surface area contributed by atoms with E-state index in [0.29, 0.717) is 12.6 Å². The van der Waals surface area contributed by atoms with Gasteiger partial charge in [0, 0.05) is 30.1 Å². The third kappa shape index (κ3) is 3.03. The standard InChI is InChI=1S/C21H23ClN2O/c1-15-13-20-18(14-23(15)2)17-9-6-10-19(22)21(17)24(20)11-12-25-16-7-4-3-5-8-16/h3-10,15H,11-14H2,1-2H3. The van der Waals surface area contributed by atoms with Crippen molar-refractivity contribution in [3.63, 3.8) is 0 Å². The fraction of sp³-hybridized carbons (Fsp3) is 0.333. The molecule has 0 amide bonds. The van der Waals surface area contributed by atoms with Gasteiger partial charge in [0.05, 0.1) is 17.1 Å². The first kappa shape index (κ1) is 16.5. The monoisotopic (exact) mass is 354 g/mol. The molecule has 3 aromatic rings. The molecular weight excluding hydrogens is 332 g/mol. The maximum absolute atomic E-state index is 6.58. The summed E-state index contributed by atoms with van der Waals surface area (Å²) in [5.41, 5.74) is 3.97. The third-order valence-corrected chi connectivity index (χ3v) is 5.54. The number of fused-ring (bicyclic) bond motifs is 3. The van der Waals surface area contributed by atoms with Crippen molar-refractivity contribution in [2.45, 2.75) is 32.5 Å². The molecule has 0 fully saturated rings. The molecule has 0 spiro atoms. The van der Waals surface area contributed by atoms with Gasteiger partial charge in [-0.25, -0.2) is 0 Å². The van der Waals surface area contributed by atoms with E-state index in [0.717, 1.165) is 35.8 Å². The Morgan fingerprint density at radius 2 is 1.92 bits per heavy atom. The first-order chi connectivity index (χ1) is 12.1. The molecule has 0 aliphatic carbocycles. The summed E-state index contributed by atoms with van der Waals surface area (Å²) in [6, 6.07) is 16.7. The summed E-state index contributed by atoms with van der Waals surface area (Å²) in [4.78, 5) is 2.41. The Morgan fingerprint density at radius 3 is 2.72 bits per heavy atom. The predicted molar refractivity (Wildman–Crippen MR) is 104 cm³/mol. The molecule has 3 nitrogen and oxygen atoms in total.